The summed E-state index contributed by atoms with van der Waals surface area (Å²) in [7, 11) is 1.69. The maximum Gasteiger partial charge on any atom is 0.122 e. The summed E-state index contributed by atoms with van der Waals surface area (Å²) in [5.74, 6) is 1.38. The number of nitrogens with two attached hydrogens (primary N) is 1. The van der Waals surface area contributed by atoms with Crippen LogP contribution in [0.25, 0.3) is 0 Å². The van der Waals surface area contributed by atoms with E-state index in [0.29, 0.717) is 5.92 Å². The number of methoxy groups -OCH3 is 1. The van der Waals surface area contributed by atoms with Crippen molar-refractivity contribution in [3.63, 3.8) is 0 Å². The summed E-state index contributed by atoms with van der Waals surface area (Å²) in [5, 5.41) is 0. The molecule has 0 aliphatic carbocycles. The lowest BCUT2D eigenvalue weighted by Crippen LogP contribution is -2.32. The van der Waals surface area contributed by atoms with Crippen molar-refractivity contribution >= 4 is 15.9 Å². The number of ether oxygens (including phenoxy) is 2. The lowest BCUT2D eigenvalue weighted by atomic mass is 9.93. The zero-order valence-corrected chi connectivity index (χ0v) is 11.6. The third-order valence-electron chi connectivity index (χ3n) is 3.27. The fourth-order valence-electron chi connectivity index (χ4n) is 2.22. The van der Waals surface area contributed by atoms with Gasteiger partial charge in [-0.2, -0.15) is 0 Å². The molecule has 2 unspecified atom stereocenters. The Hall–Kier alpha value is -0.580. The second-order valence-corrected chi connectivity index (χ2v) is 5.36. The van der Waals surface area contributed by atoms with Crippen molar-refractivity contribution in [1.29, 1.82) is 0 Å². The lowest BCUT2D eigenvalue weighted by molar-refractivity contribution is 0.180. The normalized spacial score (nSPS) is 21.5. The van der Waals surface area contributed by atoms with Gasteiger partial charge in [-0.15, -0.1) is 0 Å². The zero-order chi connectivity index (χ0) is 12.3. The highest BCUT2D eigenvalue weighted by Gasteiger charge is 2.23. The van der Waals surface area contributed by atoms with Crippen LogP contribution in [-0.2, 0) is 11.2 Å². The molecule has 1 heterocycles. The van der Waals surface area contributed by atoms with Gasteiger partial charge in [-0.3, -0.25) is 0 Å². The molecule has 94 valence electrons. The summed E-state index contributed by atoms with van der Waals surface area (Å²) >= 11 is 3.48. The molecule has 0 bridgehead atoms. The lowest BCUT2D eigenvalue weighted by Gasteiger charge is -2.19. The minimum Gasteiger partial charge on any atom is -0.496 e. The zero-order valence-electron chi connectivity index (χ0n) is 9.99. The van der Waals surface area contributed by atoms with Gasteiger partial charge in [-0.25, -0.2) is 0 Å². The number of benzene rings is 1. The van der Waals surface area contributed by atoms with Gasteiger partial charge in [0.05, 0.1) is 13.7 Å². The van der Waals surface area contributed by atoms with Gasteiger partial charge in [0.25, 0.3) is 0 Å². The third-order valence-corrected chi connectivity index (χ3v) is 3.76. The van der Waals surface area contributed by atoms with Crippen molar-refractivity contribution in [2.45, 2.75) is 18.9 Å². The van der Waals surface area contributed by atoms with E-state index in [-0.39, 0.29) is 6.04 Å². The molecular weight excluding hydrogens is 282 g/mol. The Morgan fingerprint density at radius 1 is 1.59 bits per heavy atom. The molecule has 0 saturated carbocycles. The molecule has 2 N–H and O–H groups in total. The largest absolute Gasteiger partial charge is 0.496 e. The topological polar surface area (TPSA) is 44.5 Å². The Morgan fingerprint density at radius 2 is 2.41 bits per heavy atom. The summed E-state index contributed by atoms with van der Waals surface area (Å²) in [6.07, 6.45) is 1.90. The predicted molar refractivity (Wildman–Crippen MR) is 71.3 cm³/mol. The molecule has 0 radical (unpaired) electrons. The molecule has 17 heavy (non-hydrogen) atoms. The first-order valence-corrected chi connectivity index (χ1v) is 6.65. The average molecular weight is 300 g/mol. The molecule has 1 saturated heterocycles. The van der Waals surface area contributed by atoms with E-state index in [9.17, 15) is 0 Å². The van der Waals surface area contributed by atoms with E-state index in [1.807, 2.05) is 12.1 Å². The molecule has 0 spiro atoms. The van der Waals surface area contributed by atoms with Crippen molar-refractivity contribution < 1.29 is 9.47 Å². The van der Waals surface area contributed by atoms with Crippen molar-refractivity contribution in [3.05, 3.63) is 28.2 Å². The first-order valence-electron chi connectivity index (χ1n) is 5.86. The predicted octanol–water partition coefficient (Wildman–Crippen LogP) is 2.36. The van der Waals surface area contributed by atoms with E-state index >= 15 is 0 Å². The van der Waals surface area contributed by atoms with E-state index in [1.54, 1.807) is 7.11 Å². The summed E-state index contributed by atoms with van der Waals surface area (Å²) < 4.78 is 11.8. The third kappa shape index (κ3) is 3.21. The van der Waals surface area contributed by atoms with Gasteiger partial charge in [0.2, 0.25) is 0 Å². The highest BCUT2D eigenvalue weighted by atomic mass is 79.9. The van der Waals surface area contributed by atoms with Gasteiger partial charge < -0.3 is 15.2 Å². The van der Waals surface area contributed by atoms with Crippen LogP contribution in [0.5, 0.6) is 5.75 Å². The molecule has 1 aromatic carbocycles. The first kappa shape index (κ1) is 12.9. The second-order valence-electron chi connectivity index (χ2n) is 4.45. The van der Waals surface area contributed by atoms with Crippen LogP contribution in [0.2, 0.25) is 0 Å². The quantitative estimate of drug-likeness (QED) is 0.928. The van der Waals surface area contributed by atoms with Crippen molar-refractivity contribution in [2.24, 2.45) is 11.7 Å². The van der Waals surface area contributed by atoms with Gasteiger partial charge in [0.15, 0.2) is 0 Å². The van der Waals surface area contributed by atoms with E-state index < -0.39 is 0 Å². The fraction of sp³-hybridized carbons (Fsp3) is 0.538. The molecule has 4 heteroatoms. The summed E-state index contributed by atoms with van der Waals surface area (Å²) in [4.78, 5) is 0. The Kier molecular flexibility index (Phi) is 4.42. The maximum absolute atomic E-state index is 6.23. The van der Waals surface area contributed by atoms with Crippen molar-refractivity contribution in [2.75, 3.05) is 20.3 Å². The van der Waals surface area contributed by atoms with Gasteiger partial charge in [-0.1, -0.05) is 15.9 Å². The number of halogens is 1. The molecule has 2 rings (SSSR count). The summed E-state index contributed by atoms with van der Waals surface area (Å²) in [5.41, 5.74) is 7.39. The van der Waals surface area contributed by atoms with Crippen LogP contribution < -0.4 is 10.5 Å². The molecule has 1 fully saturated rings. The Morgan fingerprint density at radius 3 is 3.06 bits per heavy atom. The van der Waals surface area contributed by atoms with Crippen molar-refractivity contribution in [1.82, 2.24) is 0 Å². The SMILES string of the molecule is COc1ccc(Br)cc1CC(N)C1CCOC1. The smallest absolute Gasteiger partial charge is 0.122 e. The highest BCUT2D eigenvalue weighted by molar-refractivity contribution is 9.10. The van der Waals surface area contributed by atoms with Crippen LogP contribution >= 0.6 is 15.9 Å². The number of hydrogen-bond donors (Lipinski definition) is 1. The summed E-state index contributed by atoms with van der Waals surface area (Å²) in [6, 6.07) is 6.17. The maximum atomic E-state index is 6.23. The van der Waals surface area contributed by atoms with Crippen molar-refractivity contribution in [3.8, 4) is 5.75 Å². The second kappa shape index (κ2) is 5.85. The number of hydrogen-bond acceptors (Lipinski definition) is 3. The number of rotatable bonds is 4. The monoisotopic (exact) mass is 299 g/mol. The molecule has 0 amide bonds. The van der Waals surface area contributed by atoms with Gasteiger partial charge in [0.1, 0.15) is 5.75 Å². The molecule has 1 aliphatic rings. The molecule has 0 aromatic heterocycles. The fourth-order valence-corrected chi connectivity index (χ4v) is 2.63. The molecule has 1 aromatic rings. The van der Waals surface area contributed by atoms with E-state index in [1.165, 1.54) is 0 Å². The van der Waals surface area contributed by atoms with E-state index in [4.69, 9.17) is 15.2 Å². The Bertz CT molecular complexity index is 378. The Balaban J connectivity index is 2.08. The van der Waals surface area contributed by atoms with Crippen LogP contribution in [-0.4, -0.2) is 26.4 Å². The Labute approximate surface area is 110 Å². The van der Waals surface area contributed by atoms with E-state index in [2.05, 4.69) is 22.0 Å². The minimum atomic E-state index is 0.140. The molecule has 1 aliphatic heterocycles. The van der Waals surface area contributed by atoms with Gasteiger partial charge >= 0.3 is 0 Å². The van der Waals surface area contributed by atoms with Gasteiger partial charge in [0, 0.05) is 17.1 Å². The first-order chi connectivity index (χ1) is 8.20. The van der Waals surface area contributed by atoms with Crippen LogP contribution in [0.15, 0.2) is 22.7 Å². The van der Waals surface area contributed by atoms with Crippen LogP contribution in [0.3, 0.4) is 0 Å². The van der Waals surface area contributed by atoms with E-state index in [0.717, 1.165) is 41.8 Å². The van der Waals surface area contributed by atoms with Gasteiger partial charge in [-0.05, 0) is 42.5 Å². The van der Waals surface area contributed by atoms with Crippen LogP contribution in [0, 0.1) is 5.92 Å². The molecular formula is C13H18BrNO2. The molecule has 3 nitrogen and oxygen atoms in total. The average Bonchev–Trinajstić information content (AvgIpc) is 2.83. The summed E-state index contributed by atoms with van der Waals surface area (Å²) in [6.45, 7) is 1.63. The molecule has 2 atom stereocenters. The standard InChI is InChI=1S/C13H18BrNO2/c1-16-13-3-2-11(14)6-10(13)7-12(15)9-4-5-17-8-9/h2-3,6,9,12H,4-5,7-8,15H2,1H3. The minimum absolute atomic E-state index is 0.140. The van der Waals surface area contributed by atoms with Crippen LogP contribution in [0.4, 0.5) is 0 Å². The van der Waals surface area contributed by atoms with Crippen LogP contribution in [0.1, 0.15) is 12.0 Å². The highest BCUT2D eigenvalue weighted by Crippen LogP contribution is 2.26.